The van der Waals surface area contributed by atoms with Crippen molar-refractivity contribution in [1.29, 1.82) is 0 Å². The maximum atomic E-state index is 12.4. The van der Waals surface area contributed by atoms with Crippen molar-refractivity contribution in [1.82, 2.24) is 9.80 Å². The Morgan fingerprint density at radius 2 is 1.81 bits per heavy atom. The van der Waals surface area contributed by atoms with Crippen LogP contribution >= 0.6 is 0 Å². The molecule has 0 aliphatic carbocycles. The molecule has 0 unspecified atom stereocenters. The van der Waals surface area contributed by atoms with Gasteiger partial charge in [-0.3, -0.25) is 4.79 Å². The maximum absolute atomic E-state index is 12.4. The molecule has 8 nitrogen and oxygen atoms in total. The van der Waals surface area contributed by atoms with Crippen molar-refractivity contribution in [3.05, 3.63) is 23.9 Å². The van der Waals surface area contributed by atoms with Crippen molar-refractivity contribution in [2.24, 2.45) is 16.2 Å². The summed E-state index contributed by atoms with van der Waals surface area (Å²) >= 11 is 0. The first-order valence-electron chi connectivity index (χ1n) is 9.01. The molecule has 0 saturated carbocycles. The van der Waals surface area contributed by atoms with Gasteiger partial charge in [0.05, 0.1) is 11.3 Å². The highest BCUT2D eigenvalue weighted by molar-refractivity contribution is 7.90. The van der Waals surface area contributed by atoms with E-state index in [0.717, 1.165) is 0 Å². The topological polar surface area (TPSA) is 96.4 Å². The Morgan fingerprint density at radius 1 is 1.19 bits per heavy atom. The molecule has 9 heteroatoms. The zero-order chi connectivity index (χ0) is 20.2. The molecule has 0 bridgehead atoms. The molecular weight excluding hydrogens is 370 g/mol. The van der Waals surface area contributed by atoms with Gasteiger partial charge in [-0.1, -0.05) is 27.7 Å². The van der Waals surface area contributed by atoms with Crippen LogP contribution in [0.5, 0.6) is 0 Å². The lowest BCUT2D eigenvalue weighted by atomic mass is 10.1. The number of ether oxygens (including phenoxy) is 1. The Bertz CT molecular complexity index is 771. The van der Waals surface area contributed by atoms with Gasteiger partial charge in [0.15, 0.2) is 6.61 Å². The minimum absolute atomic E-state index is 0.110. The fraction of sp³-hybridized carbons (Fsp3) is 0.611. The monoisotopic (exact) mass is 397 g/mol. The summed E-state index contributed by atoms with van der Waals surface area (Å²) in [4.78, 5) is 28.0. The minimum atomic E-state index is -3.44. The molecule has 27 heavy (non-hydrogen) atoms. The summed E-state index contributed by atoms with van der Waals surface area (Å²) in [5.41, 5.74) is 0.250. The van der Waals surface area contributed by atoms with E-state index in [1.165, 1.54) is 18.4 Å². The highest BCUT2D eigenvalue weighted by atomic mass is 32.2. The van der Waals surface area contributed by atoms with Crippen LogP contribution in [0.2, 0.25) is 0 Å². The van der Waals surface area contributed by atoms with Gasteiger partial charge in [0.1, 0.15) is 5.84 Å². The van der Waals surface area contributed by atoms with E-state index < -0.39 is 16.0 Å². The molecule has 150 valence electrons. The fourth-order valence-corrected chi connectivity index (χ4v) is 3.75. The van der Waals surface area contributed by atoms with E-state index in [1.807, 2.05) is 27.7 Å². The first kappa shape index (κ1) is 21.1. The fourth-order valence-electron chi connectivity index (χ4n) is 2.78. The van der Waals surface area contributed by atoms with Crippen molar-refractivity contribution in [2.45, 2.75) is 27.7 Å². The molecule has 0 aromatic heterocycles. The second-order valence-corrected chi connectivity index (χ2v) is 9.26. The van der Waals surface area contributed by atoms with Gasteiger partial charge in [-0.2, -0.15) is 0 Å². The summed E-state index contributed by atoms with van der Waals surface area (Å²) in [6.07, 6.45) is 4.41. The highest BCUT2D eigenvalue weighted by Gasteiger charge is 2.26. The number of sulfonamides is 1. The van der Waals surface area contributed by atoms with E-state index >= 15 is 0 Å². The van der Waals surface area contributed by atoms with E-state index in [2.05, 4.69) is 4.40 Å². The normalized spacial score (nSPS) is 18.1. The lowest BCUT2D eigenvalue weighted by Crippen LogP contribution is -2.40. The number of fused-ring (bicyclic) bond motifs is 1. The van der Waals surface area contributed by atoms with Gasteiger partial charge in [-0.15, -0.1) is 4.40 Å². The van der Waals surface area contributed by atoms with Gasteiger partial charge in [0.25, 0.3) is 15.9 Å². The van der Waals surface area contributed by atoms with Crippen molar-refractivity contribution < 1.29 is 22.7 Å². The van der Waals surface area contributed by atoms with Crippen LogP contribution in [0.4, 0.5) is 0 Å². The van der Waals surface area contributed by atoms with Crippen LogP contribution in [0.15, 0.2) is 28.3 Å². The summed E-state index contributed by atoms with van der Waals surface area (Å²) < 4.78 is 31.9. The van der Waals surface area contributed by atoms with Crippen molar-refractivity contribution in [3.63, 3.8) is 0 Å². The molecule has 2 aliphatic heterocycles. The van der Waals surface area contributed by atoms with Crippen LogP contribution in [-0.2, 0) is 24.3 Å². The van der Waals surface area contributed by atoms with E-state index in [4.69, 9.17) is 4.74 Å². The van der Waals surface area contributed by atoms with E-state index in [1.54, 1.807) is 9.80 Å². The van der Waals surface area contributed by atoms with Crippen LogP contribution in [0.1, 0.15) is 27.7 Å². The second-order valence-electron chi connectivity index (χ2n) is 7.51. The van der Waals surface area contributed by atoms with Gasteiger partial charge < -0.3 is 14.5 Å². The summed E-state index contributed by atoms with van der Waals surface area (Å²) in [5, 5.41) is 0. The second kappa shape index (κ2) is 8.69. The third-order valence-corrected chi connectivity index (χ3v) is 5.07. The number of rotatable bonds is 7. The number of amidine groups is 1. The number of hydrogen-bond acceptors (Lipinski definition) is 6. The summed E-state index contributed by atoms with van der Waals surface area (Å²) in [6, 6.07) is 0. The Morgan fingerprint density at radius 3 is 2.41 bits per heavy atom. The molecule has 0 aromatic rings. The van der Waals surface area contributed by atoms with Crippen molar-refractivity contribution in [2.75, 3.05) is 32.0 Å². The van der Waals surface area contributed by atoms with E-state index in [0.29, 0.717) is 24.9 Å². The standard InChI is InChI=1S/C18H27N3O5S/c1-13(2)9-21(10-14(3)4)17(22)12-26-18(23)15-5-6-16-19-27(24,25)8-7-20(16)11-15/h5-6,11,13-14H,7-10,12H2,1-4H3. The third-order valence-electron chi connectivity index (χ3n) is 3.91. The summed E-state index contributed by atoms with van der Waals surface area (Å²) in [7, 11) is -3.44. The van der Waals surface area contributed by atoms with Gasteiger partial charge in [-0.25, -0.2) is 13.2 Å². The number of carbonyl (C=O) groups excluding carboxylic acids is 2. The van der Waals surface area contributed by atoms with Crippen LogP contribution < -0.4 is 0 Å². The number of nitrogens with zero attached hydrogens (tertiary/aromatic N) is 3. The molecule has 0 fully saturated rings. The molecule has 2 heterocycles. The number of hydrogen-bond donors (Lipinski definition) is 0. The summed E-state index contributed by atoms with van der Waals surface area (Å²) in [5.74, 6) is -0.0467. The average molecular weight is 397 g/mol. The average Bonchev–Trinajstić information content (AvgIpc) is 2.56. The molecule has 0 N–H and O–H groups in total. The van der Waals surface area contributed by atoms with E-state index in [9.17, 15) is 18.0 Å². The first-order valence-corrected chi connectivity index (χ1v) is 10.6. The Labute approximate surface area is 160 Å². The highest BCUT2D eigenvalue weighted by Crippen LogP contribution is 2.16. The molecule has 0 atom stereocenters. The maximum Gasteiger partial charge on any atom is 0.340 e. The number of carbonyl (C=O) groups is 2. The lowest BCUT2D eigenvalue weighted by Gasteiger charge is -2.27. The third kappa shape index (κ3) is 6.20. The van der Waals surface area contributed by atoms with E-state index in [-0.39, 0.29) is 36.2 Å². The Hall–Kier alpha value is -2.16. The lowest BCUT2D eigenvalue weighted by molar-refractivity contribution is -0.149. The quantitative estimate of drug-likeness (QED) is 0.598. The molecule has 0 spiro atoms. The van der Waals surface area contributed by atoms with Gasteiger partial charge >= 0.3 is 5.97 Å². The van der Waals surface area contributed by atoms with Crippen molar-refractivity contribution >= 4 is 27.7 Å². The number of amides is 1. The van der Waals surface area contributed by atoms with Crippen LogP contribution in [0.25, 0.3) is 0 Å². The molecular formula is C18H27N3O5S. The smallest absolute Gasteiger partial charge is 0.340 e. The minimum Gasteiger partial charge on any atom is -0.452 e. The van der Waals surface area contributed by atoms with Crippen LogP contribution in [0.3, 0.4) is 0 Å². The van der Waals surface area contributed by atoms with Crippen LogP contribution in [0, 0.1) is 11.8 Å². The molecule has 0 aromatic carbocycles. The SMILES string of the molecule is CC(C)CN(CC(C)C)C(=O)COC(=O)C1=CN2CCS(=O)(=O)N=C2C=C1. The van der Waals surface area contributed by atoms with Gasteiger partial charge in [0, 0.05) is 25.8 Å². The first-order chi connectivity index (χ1) is 12.6. The van der Waals surface area contributed by atoms with Gasteiger partial charge in [-0.05, 0) is 24.0 Å². The van der Waals surface area contributed by atoms with Gasteiger partial charge in [0.2, 0.25) is 0 Å². The zero-order valence-electron chi connectivity index (χ0n) is 16.2. The molecule has 1 amide bonds. The predicted octanol–water partition coefficient (Wildman–Crippen LogP) is 1.17. The Kier molecular flexibility index (Phi) is 6.80. The Balaban J connectivity index is 1.96. The molecule has 2 aliphatic rings. The molecule has 0 radical (unpaired) electrons. The number of esters is 1. The van der Waals surface area contributed by atoms with Crippen molar-refractivity contribution in [3.8, 4) is 0 Å². The largest absolute Gasteiger partial charge is 0.452 e. The molecule has 0 saturated heterocycles. The van der Waals surface area contributed by atoms with Crippen LogP contribution in [-0.4, -0.2) is 67.9 Å². The summed E-state index contributed by atoms with van der Waals surface area (Å²) in [6.45, 7) is 9.24. The zero-order valence-corrected chi connectivity index (χ0v) is 17.0. The molecule has 2 rings (SSSR count). The predicted molar refractivity (Wildman–Crippen MR) is 102 cm³/mol.